The molecule has 1 aliphatic carbocycles. The summed E-state index contributed by atoms with van der Waals surface area (Å²) in [6.07, 6.45) is 7.98. The fourth-order valence-corrected chi connectivity index (χ4v) is 3.02. The van der Waals surface area contributed by atoms with E-state index < -0.39 is 0 Å². The van der Waals surface area contributed by atoms with Gasteiger partial charge in [-0.1, -0.05) is 6.07 Å². The van der Waals surface area contributed by atoms with Crippen molar-refractivity contribution in [3.05, 3.63) is 23.9 Å². The Hall–Kier alpha value is -1.13. The molecule has 3 rings (SSSR count). The highest BCUT2D eigenvalue weighted by atomic mass is 16.5. The lowest BCUT2D eigenvalue weighted by molar-refractivity contribution is -0.135. The van der Waals surface area contributed by atoms with Gasteiger partial charge in [-0.25, -0.2) is 4.98 Å². The van der Waals surface area contributed by atoms with Gasteiger partial charge in [-0.3, -0.25) is 0 Å². The van der Waals surface area contributed by atoms with E-state index in [1.54, 1.807) is 7.11 Å². The van der Waals surface area contributed by atoms with Crippen molar-refractivity contribution in [2.24, 2.45) is 0 Å². The normalized spacial score (nSPS) is 25.0. The van der Waals surface area contributed by atoms with Crippen molar-refractivity contribution in [2.75, 3.05) is 13.7 Å². The summed E-state index contributed by atoms with van der Waals surface area (Å²) in [5, 5.41) is 3.64. The largest absolute Gasteiger partial charge is 0.481 e. The van der Waals surface area contributed by atoms with Crippen LogP contribution in [-0.2, 0) is 11.3 Å². The number of ether oxygens (including phenoxy) is 2. The number of hydrogen-bond donors (Lipinski definition) is 1. The van der Waals surface area contributed by atoms with Crippen molar-refractivity contribution in [1.29, 1.82) is 0 Å². The maximum atomic E-state index is 5.95. The summed E-state index contributed by atoms with van der Waals surface area (Å²) in [6.45, 7) is 1.77. The highest BCUT2D eigenvalue weighted by Gasteiger charge is 2.42. The summed E-state index contributed by atoms with van der Waals surface area (Å²) < 4.78 is 11.0. The summed E-state index contributed by atoms with van der Waals surface area (Å²) >= 11 is 0. The molecule has 0 aromatic carbocycles. The van der Waals surface area contributed by atoms with Crippen LogP contribution in [0.5, 0.6) is 5.88 Å². The van der Waals surface area contributed by atoms with E-state index in [1.807, 2.05) is 12.3 Å². The molecular weight excluding hydrogens is 240 g/mol. The minimum absolute atomic E-state index is 0.216. The Kier molecular flexibility index (Phi) is 3.71. The van der Waals surface area contributed by atoms with E-state index >= 15 is 0 Å². The molecule has 1 N–H and O–H groups in total. The number of hydrogen-bond acceptors (Lipinski definition) is 4. The van der Waals surface area contributed by atoms with Crippen LogP contribution in [0.1, 0.15) is 37.7 Å². The second-order valence-electron chi connectivity index (χ2n) is 5.66. The first kappa shape index (κ1) is 12.9. The van der Waals surface area contributed by atoms with E-state index in [9.17, 15) is 0 Å². The number of aromatic nitrogens is 1. The Morgan fingerprint density at radius 1 is 1.47 bits per heavy atom. The molecule has 1 aromatic heterocycles. The molecule has 2 heterocycles. The Morgan fingerprint density at radius 2 is 2.37 bits per heavy atom. The molecule has 0 amide bonds. The molecule has 2 aliphatic rings. The van der Waals surface area contributed by atoms with Crippen LogP contribution in [0.15, 0.2) is 18.3 Å². The van der Waals surface area contributed by atoms with Crippen LogP contribution in [0.25, 0.3) is 0 Å². The molecule has 1 saturated heterocycles. The lowest BCUT2D eigenvalue weighted by Crippen LogP contribution is -2.50. The Labute approximate surface area is 114 Å². The summed E-state index contributed by atoms with van der Waals surface area (Å²) in [5.41, 5.74) is 1.42. The van der Waals surface area contributed by atoms with Gasteiger partial charge in [0.1, 0.15) is 0 Å². The number of nitrogens with zero attached hydrogens (tertiary/aromatic N) is 1. The van der Waals surface area contributed by atoms with E-state index in [0.717, 1.165) is 26.0 Å². The van der Waals surface area contributed by atoms with E-state index in [2.05, 4.69) is 16.4 Å². The average molecular weight is 262 g/mol. The Balaban J connectivity index is 1.50. The molecule has 1 aromatic rings. The first-order chi connectivity index (χ1) is 9.30. The quantitative estimate of drug-likeness (QED) is 0.904. The van der Waals surface area contributed by atoms with Crippen molar-refractivity contribution < 1.29 is 9.47 Å². The van der Waals surface area contributed by atoms with Gasteiger partial charge in [0.25, 0.3) is 0 Å². The summed E-state index contributed by atoms with van der Waals surface area (Å²) in [5.74, 6) is 0.670. The van der Waals surface area contributed by atoms with E-state index in [0.29, 0.717) is 11.9 Å². The minimum Gasteiger partial charge on any atom is -0.481 e. The Morgan fingerprint density at radius 3 is 3.00 bits per heavy atom. The molecule has 1 atom stereocenters. The SMILES string of the molecule is COc1ccc(CNC2CCOC3(CCC3)C2)cn1. The predicted molar refractivity (Wildman–Crippen MR) is 73.2 cm³/mol. The maximum absolute atomic E-state index is 5.95. The second-order valence-corrected chi connectivity index (χ2v) is 5.66. The molecule has 4 nitrogen and oxygen atoms in total. The Bertz CT molecular complexity index is 415. The standard InChI is InChI=1S/C15H22N2O2/c1-18-14-4-3-12(11-17-14)10-16-13-5-8-19-15(9-13)6-2-7-15/h3-4,11,13,16H,2,5-10H2,1H3. The van der Waals surface area contributed by atoms with Gasteiger partial charge < -0.3 is 14.8 Å². The average Bonchev–Trinajstić information content (AvgIpc) is 2.44. The number of methoxy groups -OCH3 is 1. The summed E-state index contributed by atoms with van der Waals surface area (Å²) in [4.78, 5) is 4.23. The minimum atomic E-state index is 0.216. The summed E-state index contributed by atoms with van der Waals surface area (Å²) in [6, 6.07) is 4.56. The van der Waals surface area contributed by atoms with Crippen molar-refractivity contribution in [3.63, 3.8) is 0 Å². The summed E-state index contributed by atoms with van der Waals surface area (Å²) in [7, 11) is 1.64. The molecule has 104 valence electrons. The van der Waals surface area contributed by atoms with Gasteiger partial charge in [0.2, 0.25) is 5.88 Å². The van der Waals surface area contributed by atoms with Crippen molar-refractivity contribution in [3.8, 4) is 5.88 Å². The molecule has 4 heteroatoms. The van der Waals surface area contributed by atoms with E-state index in [-0.39, 0.29) is 5.60 Å². The monoisotopic (exact) mass is 262 g/mol. The van der Waals surface area contributed by atoms with Crippen LogP contribution in [0, 0.1) is 0 Å². The second kappa shape index (κ2) is 5.47. The highest BCUT2D eigenvalue weighted by molar-refractivity contribution is 5.17. The third-order valence-electron chi connectivity index (χ3n) is 4.36. The van der Waals surface area contributed by atoms with E-state index in [1.165, 1.54) is 24.8 Å². The third kappa shape index (κ3) is 2.90. The van der Waals surface area contributed by atoms with Crippen LogP contribution >= 0.6 is 0 Å². The van der Waals surface area contributed by atoms with E-state index in [4.69, 9.17) is 9.47 Å². The lowest BCUT2D eigenvalue weighted by Gasteiger charge is -2.47. The molecule has 2 fully saturated rings. The maximum Gasteiger partial charge on any atom is 0.212 e. The topological polar surface area (TPSA) is 43.4 Å². The van der Waals surface area contributed by atoms with Gasteiger partial charge in [-0.2, -0.15) is 0 Å². The molecular formula is C15H22N2O2. The molecule has 0 radical (unpaired) electrons. The highest BCUT2D eigenvalue weighted by Crippen LogP contribution is 2.42. The molecule has 1 aliphatic heterocycles. The molecule has 0 bridgehead atoms. The van der Waals surface area contributed by atoms with Crippen molar-refractivity contribution >= 4 is 0 Å². The van der Waals surface area contributed by atoms with Gasteiger partial charge in [-0.05, 0) is 37.7 Å². The van der Waals surface area contributed by atoms with Crippen molar-refractivity contribution in [2.45, 2.75) is 50.3 Å². The van der Waals surface area contributed by atoms with Gasteiger partial charge in [0.05, 0.1) is 12.7 Å². The van der Waals surface area contributed by atoms with Crippen LogP contribution in [0.4, 0.5) is 0 Å². The lowest BCUT2D eigenvalue weighted by atomic mass is 9.74. The smallest absolute Gasteiger partial charge is 0.212 e. The van der Waals surface area contributed by atoms with Gasteiger partial charge in [-0.15, -0.1) is 0 Å². The zero-order chi connectivity index (χ0) is 13.1. The van der Waals surface area contributed by atoms with Crippen molar-refractivity contribution in [1.82, 2.24) is 10.3 Å². The predicted octanol–water partition coefficient (Wildman–Crippen LogP) is 2.28. The van der Waals surface area contributed by atoms with Gasteiger partial charge >= 0.3 is 0 Å². The molecule has 1 unspecified atom stereocenters. The van der Waals surface area contributed by atoms with Crippen LogP contribution in [0.3, 0.4) is 0 Å². The van der Waals surface area contributed by atoms with Gasteiger partial charge in [0, 0.05) is 31.5 Å². The zero-order valence-electron chi connectivity index (χ0n) is 11.5. The fourth-order valence-electron chi connectivity index (χ4n) is 3.02. The molecule has 1 saturated carbocycles. The number of pyridine rings is 1. The fraction of sp³-hybridized carbons (Fsp3) is 0.667. The molecule has 19 heavy (non-hydrogen) atoms. The zero-order valence-corrected chi connectivity index (χ0v) is 11.5. The van der Waals surface area contributed by atoms with Crippen LogP contribution in [-0.4, -0.2) is 30.3 Å². The third-order valence-corrected chi connectivity index (χ3v) is 4.36. The van der Waals surface area contributed by atoms with Gasteiger partial charge in [0.15, 0.2) is 0 Å². The number of rotatable bonds is 4. The first-order valence-electron chi connectivity index (χ1n) is 7.16. The molecule has 1 spiro atoms. The van der Waals surface area contributed by atoms with Crippen LogP contribution in [0.2, 0.25) is 0 Å². The first-order valence-corrected chi connectivity index (χ1v) is 7.16. The number of nitrogens with one attached hydrogen (secondary N) is 1. The van der Waals surface area contributed by atoms with Crippen LogP contribution < -0.4 is 10.1 Å².